The number of aromatic nitrogens is 1. The summed E-state index contributed by atoms with van der Waals surface area (Å²) in [6.45, 7) is 0.619. The fraction of sp³-hybridized carbons (Fsp3) is 0.154. The molecule has 17 heavy (non-hydrogen) atoms. The van der Waals surface area contributed by atoms with E-state index in [1.807, 2.05) is 18.2 Å². The number of benzene rings is 1. The Balaban J connectivity index is 1.92. The lowest BCUT2D eigenvalue weighted by atomic mass is 10.2. The molecule has 0 radical (unpaired) electrons. The van der Waals surface area contributed by atoms with Crippen molar-refractivity contribution in [3.05, 3.63) is 59.1 Å². The smallest absolute Gasteiger partial charge is 0.146 e. The monoisotopic (exact) mass is 250 g/mol. The molecular weight excluding hydrogens is 239 g/mol. The summed E-state index contributed by atoms with van der Waals surface area (Å²) in [5.74, 6) is -0.296. The van der Waals surface area contributed by atoms with E-state index in [-0.39, 0.29) is 5.82 Å². The van der Waals surface area contributed by atoms with Crippen LogP contribution in [0, 0.1) is 5.82 Å². The van der Waals surface area contributed by atoms with Crippen LogP contribution in [0.5, 0.6) is 0 Å². The van der Waals surface area contributed by atoms with Crippen LogP contribution >= 0.6 is 11.6 Å². The van der Waals surface area contributed by atoms with Crippen LogP contribution in [0.2, 0.25) is 5.02 Å². The molecule has 0 aliphatic carbocycles. The number of pyridine rings is 1. The lowest BCUT2D eigenvalue weighted by Gasteiger charge is -2.07. The SMILES string of the molecule is Fc1ccc(Cl)cc1NCCc1ccccn1. The highest BCUT2D eigenvalue weighted by Crippen LogP contribution is 2.19. The number of halogens is 2. The first-order chi connectivity index (χ1) is 8.25. The second-order valence-electron chi connectivity index (χ2n) is 3.62. The largest absolute Gasteiger partial charge is 0.382 e. The van der Waals surface area contributed by atoms with E-state index >= 15 is 0 Å². The Kier molecular flexibility index (Phi) is 3.94. The number of nitrogens with one attached hydrogen (secondary N) is 1. The van der Waals surface area contributed by atoms with Crippen LogP contribution in [0.3, 0.4) is 0 Å². The average molecular weight is 251 g/mol. The summed E-state index contributed by atoms with van der Waals surface area (Å²) in [5.41, 5.74) is 1.40. The summed E-state index contributed by atoms with van der Waals surface area (Å²) in [6.07, 6.45) is 2.49. The van der Waals surface area contributed by atoms with Crippen LogP contribution in [0.1, 0.15) is 5.69 Å². The fourth-order valence-electron chi connectivity index (χ4n) is 1.50. The van der Waals surface area contributed by atoms with E-state index in [0.29, 0.717) is 17.3 Å². The molecule has 1 aromatic carbocycles. The molecule has 1 heterocycles. The summed E-state index contributed by atoms with van der Waals surface area (Å²) in [4.78, 5) is 4.19. The topological polar surface area (TPSA) is 24.9 Å². The second kappa shape index (κ2) is 5.64. The molecule has 1 N–H and O–H groups in total. The van der Waals surface area contributed by atoms with Gasteiger partial charge in [0.05, 0.1) is 5.69 Å². The minimum Gasteiger partial charge on any atom is -0.382 e. The molecule has 0 aliphatic heterocycles. The molecule has 4 heteroatoms. The maximum Gasteiger partial charge on any atom is 0.146 e. The Hall–Kier alpha value is -1.61. The summed E-state index contributed by atoms with van der Waals surface area (Å²) < 4.78 is 13.4. The van der Waals surface area contributed by atoms with Gasteiger partial charge in [0.1, 0.15) is 5.82 Å². The number of hydrogen-bond donors (Lipinski definition) is 1. The molecule has 0 saturated heterocycles. The second-order valence-corrected chi connectivity index (χ2v) is 4.06. The third-order valence-electron chi connectivity index (χ3n) is 2.35. The molecule has 2 nitrogen and oxygen atoms in total. The van der Waals surface area contributed by atoms with Crippen LogP contribution in [-0.2, 0) is 6.42 Å². The summed E-state index contributed by atoms with van der Waals surface area (Å²) in [6, 6.07) is 10.2. The van der Waals surface area contributed by atoms with Crippen molar-refractivity contribution in [1.82, 2.24) is 4.98 Å². The van der Waals surface area contributed by atoms with Gasteiger partial charge >= 0.3 is 0 Å². The normalized spacial score (nSPS) is 10.2. The zero-order valence-electron chi connectivity index (χ0n) is 9.16. The fourth-order valence-corrected chi connectivity index (χ4v) is 1.68. The minimum atomic E-state index is -0.296. The van der Waals surface area contributed by atoms with Crippen molar-refractivity contribution in [2.75, 3.05) is 11.9 Å². The van der Waals surface area contributed by atoms with Gasteiger partial charge in [0.25, 0.3) is 0 Å². The molecule has 2 rings (SSSR count). The predicted octanol–water partition coefficient (Wildman–Crippen LogP) is 3.53. The molecule has 88 valence electrons. The van der Waals surface area contributed by atoms with E-state index in [4.69, 9.17) is 11.6 Å². The molecule has 0 saturated carbocycles. The van der Waals surface area contributed by atoms with Gasteiger partial charge in [-0.3, -0.25) is 4.98 Å². The van der Waals surface area contributed by atoms with Gasteiger partial charge in [-0.15, -0.1) is 0 Å². The Bertz CT molecular complexity index is 488. The van der Waals surface area contributed by atoms with Gasteiger partial charge < -0.3 is 5.32 Å². The summed E-state index contributed by atoms with van der Waals surface area (Å²) in [5, 5.41) is 3.52. The molecule has 0 aliphatic rings. The lowest BCUT2D eigenvalue weighted by Crippen LogP contribution is -2.07. The predicted molar refractivity (Wildman–Crippen MR) is 67.8 cm³/mol. The van der Waals surface area contributed by atoms with E-state index in [1.165, 1.54) is 12.1 Å². The van der Waals surface area contributed by atoms with Crippen LogP contribution in [-0.4, -0.2) is 11.5 Å². The Morgan fingerprint density at radius 2 is 2.12 bits per heavy atom. The maximum atomic E-state index is 13.4. The first-order valence-corrected chi connectivity index (χ1v) is 5.72. The van der Waals surface area contributed by atoms with Gasteiger partial charge in [-0.1, -0.05) is 17.7 Å². The molecular formula is C13H12ClFN2. The average Bonchev–Trinajstić information content (AvgIpc) is 2.35. The van der Waals surface area contributed by atoms with Crippen molar-refractivity contribution < 1.29 is 4.39 Å². The highest BCUT2D eigenvalue weighted by Gasteiger charge is 2.02. The van der Waals surface area contributed by atoms with Gasteiger partial charge in [0.2, 0.25) is 0 Å². The third-order valence-corrected chi connectivity index (χ3v) is 2.59. The van der Waals surface area contributed by atoms with Gasteiger partial charge in [-0.2, -0.15) is 0 Å². The summed E-state index contributed by atoms with van der Waals surface area (Å²) in [7, 11) is 0. The van der Waals surface area contributed by atoms with E-state index < -0.39 is 0 Å². The van der Waals surface area contributed by atoms with Crippen molar-refractivity contribution >= 4 is 17.3 Å². The zero-order chi connectivity index (χ0) is 12.1. The Morgan fingerprint density at radius 3 is 2.88 bits per heavy atom. The Morgan fingerprint density at radius 1 is 1.24 bits per heavy atom. The van der Waals surface area contributed by atoms with E-state index in [9.17, 15) is 4.39 Å². The van der Waals surface area contributed by atoms with Crippen LogP contribution in [0.15, 0.2) is 42.6 Å². The van der Waals surface area contributed by atoms with Crippen LogP contribution in [0.25, 0.3) is 0 Å². The molecule has 0 amide bonds. The van der Waals surface area contributed by atoms with Gasteiger partial charge in [-0.05, 0) is 30.3 Å². The molecule has 2 aromatic rings. The zero-order valence-corrected chi connectivity index (χ0v) is 9.91. The van der Waals surface area contributed by atoms with Gasteiger partial charge in [0.15, 0.2) is 0 Å². The number of nitrogens with zero attached hydrogens (tertiary/aromatic N) is 1. The minimum absolute atomic E-state index is 0.296. The van der Waals surface area contributed by atoms with Crippen molar-refractivity contribution in [2.45, 2.75) is 6.42 Å². The van der Waals surface area contributed by atoms with Gasteiger partial charge in [0, 0.05) is 29.9 Å². The van der Waals surface area contributed by atoms with E-state index in [1.54, 1.807) is 12.3 Å². The first kappa shape index (κ1) is 11.9. The van der Waals surface area contributed by atoms with Gasteiger partial charge in [-0.25, -0.2) is 4.39 Å². The van der Waals surface area contributed by atoms with Crippen molar-refractivity contribution in [1.29, 1.82) is 0 Å². The molecule has 0 atom stereocenters. The standard InChI is InChI=1S/C13H12ClFN2/c14-10-4-5-12(15)13(9-10)17-8-6-11-3-1-2-7-16-11/h1-5,7,9,17H,6,8H2. The Labute approximate surface area is 104 Å². The van der Waals surface area contributed by atoms with Crippen LogP contribution in [0.4, 0.5) is 10.1 Å². The lowest BCUT2D eigenvalue weighted by molar-refractivity contribution is 0.630. The molecule has 0 fully saturated rings. The van der Waals surface area contributed by atoms with Crippen molar-refractivity contribution in [3.63, 3.8) is 0 Å². The van der Waals surface area contributed by atoms with Crippen molar-refractivity contribution in [3.8, 4) is 0 Å². The molecule has 0 bridgehead atoms. The third kappa shape index (κ3) is 3.43. The number of rotatable bonds is 4. The highest BCUT2D eigenvalue weighted by atomic mass is 35.5. The van der Waals surface area contributed by atoms with E-state index in [0.717, 1.165) is 12.1 Å². The quantitative estimate of drug-likeness (QED) is 0.898. The number of anilines is 1. The van der Waals surface area contributed by atoms with Crippen molar-refractivity contribution in [2.24, 2.45) is 0 Å². The molecule has 0 spiro atoms. The molecule has 1 aromatic heterocycles. The highest BCUT2D eigenvalue weighted by molar-refractivity contribution is 6.30. The molecule has 0 unspecified atom stereocenters. The van der Waals surface area contributed by atoms with Crippen LogP contribution < -0.4 is 5.32 Å². The maximum absolute atomic E-state index is 13.4. The summed E-state index contributed by atoms with van der Waals surface area (Å²) >= 11 is 5.79. The first-order valence-electron chi connectivity index (χ1n) is 5.34. The number of hydrogen-bond acceptors (Lipinski definition) is 2. The van der Waals surface area contributed by atoms with E-state index in [2.05, 4.69) is 10.3 Å².